The molecule has 0 spiro atoms. The van der Waals surface area contributed by atoms with Crippen LogP contribution in [0.25, 0.3) is 77.2 Å². The fraction of sp³-hybridized carbons (Fsp3) is 0. The van der Waals surface area contributed by atoms with E-state index in [1.165, 1.54) is 92.3 Å². The van der Waals surface area contributed by atoms with Crippen LogP contribution in [0.1, 0.15) is 0 Å². The second kappa shape index (κ2) is 15.2. The molecule has 0 bridgehead atoms. The molecule has 296 valence electrons. The van der Waals surface area contributed by atoms with Gasteiger partial charge in [-0.05, 0) is 68.3 Å². The Bertz CT molecular complexity index is 3440. The lowest BCUT2D eigenvalue weighted by atomic mass is 9.95. The Morgan fingerprint density at radius 2 is 0.714 bits per heavy atom. The molecule has 3 heteroatoms. The van der Waals surface area contributed by atoms with Gasteiger partial charge in [-0.25, -0.2) is 0 Å². The highest BCUT2D eigenvalue weighted by molar-refractivity contribution is 7.20. The Morgan fingerprint density at radius 3 is 1.27 bits per heavy atom. The number of nitrogens with zero attached hydrogens (tertiary/aromatic N) is 2. The summed E-state index contributed by atoms with van der Waals surface area (Å²) in [7, 11) is -2.87. The van der Waals surface area contributed by atoms with Crippen molar-refractivity contribution in [3.8, 4) is 33.6 Å². The molecule has 12 rings (SSSR count). The Labute approximate surface area is 368 Å². The van der Waals surface area contributed by atoms with E-state index in [-0.39, 0.29) is 0 Å². The van der Waals surface area contributed by atoms with Crippen LogP contribution in [-0.4, -0.2) is 17.2 Å². The molecule has 0 aliphatic rings. The van der Waals surface area contributed by atoms with Gasteiger partial charge in [0.2, 0.25) is 0 Å². The van der Waals surface area contributed by atoms with Crippen LogP contribution in [0.2, 0.25) is 0 Å². The summed E-state index contributed by atoms with van der Waals surface area (Å²) in [6.45, 7) is 0. The molecular formula is C60H42N2Si. The van der Waals surface area contributed by atoms with Gasteiger partial charge in [0, 0.05) is 38.4 Å². The minimum Gasteiger partial charge on any atom is -0.309 e. The van der Waals surface area contributed by atoms with Crippen LogP contribution in [0.15, 0.2) is 255 Å². The molecule has 0 saturated carbocycles. The SMILES string of the molecule is c1ccc(-c2cccc(-c3ccccc3)c2-n2c3ccccc3c3cc(-n4c5ccccc5c5c([Si](c6ccccc6)(c6ccccc6)c6ccccc6)cccc54)ccc32)cc1. The Balaban J connectivity index is 1.16. The van der Waals surface area contributed by atoms with Crippen molar-refractivity contribution in [1.82, 2.24) is 9.13 Å². The number of fused-ring (bicyclic) bond motifs is 6. The molecule has 63 heavy (non-hydrogen) atoms. The van der Waals surface area contributed by atoms with Crippen molar-refractivity contribution < 1.29 is 0 Å². The van der Waals surface area contributed by atoms with Gasteiger partial charge < -0.3 is 9.13 Å². The van der Waals surface area contributed by atoms with Gasteiger partial charge in [-0.15, -0.1) is 0 Å². The predicted molar refractivity (Wildman–Crippen MR) is 270 cm³/mol. The summed E-state index contributed by atoms with van der Waals surface area (Å²) >= 11 is 0. The zero-order valence-corrected chi connectivity index (χ0v) is 35.6. The van der Waals surface area contributed by atoms with Crippen molar-refractivity contribution in [3.05, 3.63) is 255 Å². The maximum absolute atomic E-state index is 2.87. The van der Waals surface area contributed by atoms with Gasteiger partial charge in [0.1, 0.15) is 0 Å². The summed E-state index contributed by atoms with van der Waals surface area (Å²) in [6, 6.07) is 94.2. The molecule has 0 radical (unpaired) electrons. The van der Waals surface area contributed by atoms with Crippen LogP contribution in [0, 0.1) is 0 Å². The molecule has 0 aliphatic carbocycles. The van der Waals surface area contributed by atoms with Crippen molar-refractivity contribution in [2.24, 2.45) is 0 Å². The molecule has 0 fully saturated rings. The standard InChI is InChI=1S/C60H42N2Si/c1-6-22-43(23-7-1)49-34-20-35-50(44-24-8-2-9-25-44)60(49)62-54-36-18-16-32-51(54)53-42-45(40-41-56(53)62)61-55-37-19-17-33-52(55)59-57(61)38-21-39-58(59)63(46-26-10-3-11-27-46,47-28-12-4-13-29-47)48-30-14-5-15-31-48/h1-42H. The third-order valence-corrected chi connectivity index (χ3v) is 17.9. The van der Waals surface area contributed by atoms with Crippen molar-refractivity contribution in [2.75, 3.05) is 0 Å². The van der Waals surface area contributed by atoms with Crippen LogP contribution in [0.4, 0.5) is 0 Å². The summed E-state index contributed by atoms with van der Waals surface area (Å²) in [4.78, 5) is 0. The first-order chi connectivity index (χ1) is 31.3. The summed E-state index contributed by atoms with van der Waals surface area (Å²) in [6.07, 6.45) is 0. The molecule has 12 aromatic rings. The summed E-state index contributed by atoms with van der Waals surface area (Å²) in [5, 5.41) is 10.5. The monoisotopic (exact) mass is 818 g/mol. The van der Waals surface area contributed by atoms with Crippen LogP contribution in [0.5, 0.6) is 0 Å². The van der Waals surface area contributed by atoms with Crippen LogP contribution >= 0.6 is 0 Å². The number of aromatic nitrogens is 2. The highest BCUT2D eigenvalue weighted by atomic mass is 28.3. The van der Waals surface area contributed by atoms with Gasteiger partial charge in [0.25, 0.3) is 0 Å². The second-order valence-corrected chi connectivity index (χ2v) is 20.2. The van der Waals surface area contributed by atoms with Crippen molar-refractivity contribution >= 4 is 72.4 Å². The number of rotatable bonds is 8. The molecule has 0 saturated heterocycles. The van der Waals surface area contributed by atoms with E-state index < -0.39 is 8.07 Å². The zero-order chi connectivity index (χ0) is 41.7. The molecule has 0 amide bonds. The van der Waals surface area contributed by atoms with E-state index in [2.05, 4.69) is 264 Å². The Kier molecular flexibility index (Phi) is 8.87. The van der Waals surface area contributed by atoms with Crippen LogP contribution in [-0.2, 0) is 0 Å². The number of hydrogen-bond acceptors (Lipinski definition) is 0. The van der Waals surface area contributed by atoms with E-state index in [1.54, 1.807) is 0 Å². The van der Waals surface area contributed by atoms with Crippen molar-refractivity contribution in [3.63, 3.8) is 0 Å². The van der Waals surface area contributed by atoms with Gasteiger partial charge in [-0.2, -0.15) is 0 Å². The van der Waals surface area contributed by atoms with E-state index >= 15 is 0 Å². The fourth-order valence-corrected chi connectivity index (χ4v) is 15.5. The first-order valence-corrected chi connectivity index (χ1v) is 23.8. The minimum absolute atomic E-state index is 1.14. The normalized spacial score (nSPS) is 11.8. The Hall–Kier alpha value is -7.98. The number of benzene rings is 10. The Morgan fingerprint density at radius 1 is 0.286 bits per heavy atom. The van der Waals surface area contributed by atoms with Crippen molar-refractivity contribution in [1.29, 1.82) is 0 Å². The van der Waals surface area contributed by atoms with Crippen LogP contribution < -0.4 is 20.7 Å². The van der Waals surface area contributed by atoms with E-state index in [9.17, 15) is 0 Å². The minimum atomic E-state index is -2.87. The first-order valence-electron chi connectivity index (χ1n) is 21.8. The highest BCUT2D eigenvalue weighted by Gasteiger charge is 2.43. The lowest BCUT2D eigenvalue weighted by Crippen LogP contribution is -2.74. The average molecular weight is 819 g/mol. The molecule has 0 N–H and O–H groups in total. The summed E-state index contributed by atoms with van der Waals surface area (Å²) in [5.74, 6) is 0. The third-order valence-electron chi connectivity index (χ3n) is 13.1. The van der Waals surface area contributed by atoms with Crippen LogP contribution in [0.3, 0.4) is 0 Å². The molecule has 10 aromatic carbocycles. The number of hydrogen-bond donors (Lipinski definition) is 0. The summed E-state index contributed by atoms with van der Waals surface area (Å²) in [5.41, 5.74) is 11.8. The topological polar surface area (TPSA) is 9.86 Å². The van der Waals surface area contributed by atoms with E-state index in [0.29, 0.717) is 0 Å². The average Bonchev–Trinajstić information content (AvgIpc) is 3.88. The lowest BCUT2D eigenvalue weighted by molar-refractivity contribution is 1.17. The lowest BCUT2D eigenvalue weighted by Gasteiger charge is -2.35. The quantitative estimate of drug-likeness (QED) is 0.107. The predicted octanol–water partition coefficient (Wildman–Crippen LogP) is 12.6. The molecule has 0 aliphatic heterocycles. The first kappa shape index (κ1) is 36.8. The van der Waals surface area contributed by atoms with E-state index in [0.717, 1.165) is 5.69 Å². The molecular weight excluding hydrogens is 777 g/mol. The fourth-order valence-electron chi connectivity index (χ4n) is 10.5. The molecule has 0 atom stereocenters. The van der Waals surface area contributed by atoms with Gasteiger partial charge in [0.15, 0.2) is 8.07 Å². The van der Waals surface area contributed by atoms with Gasteiger partial charge in [-0.3, -0.25) is 0 Å². The number of para-hydroxylation sites is 3. The molecule has 2 nitrogen and oxygen atoms in total. The molecule has 2 heterocycles. The molecule has 2 aromatic heterocycles. The summed E-state index contributed by atoms with van der Waals surface area (Å²) < 4.78 is 5.01. The maximum Gasteiger partial charge on any atom is 0.180 e. The van der Waals surface area contributed by atoms with Gasteiger partial charge >= 0.3 is 0 Å². The van der Waals surface area contributed by atoms with Gasteiger partial charge in [-0.1, -0.05) is 218 Å². The second-order valence-electron chi connectivity index (χ2n) is 16.4. The highest BCUT2D eigenvalue weighted by Crippen LogP contribution is 2.42. The largest absolute Gasteiger partial charge is 0.309 e. The van der Waals surface area contributed by atoms with E-state index in [4.69, 9.17) is 0 Å². The van der Waals surface area contributed by atoms with Crippen molar-refractivity contribution in [2.45, 2.75) is 0 Å². The smallest absolute Gasteiger partial charge is 0.180 e. The zero-order valence-electron chi connectivity index (χ0n) is 34.6. The maximum atomic E-state index is 2.51. The van der Waals surface area contributed by atoms with Gasteiger partial charge in [0.05, 0.1) is 27.8 Å². The molecule has 0 unspecified atom stereocenters. The third kappa shape index (κ3) is 5.78. The van der Waals surface area contributed by atoms with E-state index in [1.807, 2.05) is 0 Å².